The molecule has 152 valence electrons. The van der Waals surface area contributed by atoms with Crippen LogP contribution in [0.1, 0.15) is 5.56 Å². The van der Waals surface area contributed by atoms with Crippen molar-refractivity contribution in [1.29, 1.82) is 0 Å². The Morgan fingerprint density at radius 3 is 1.93 bits per heavy atom. The van der Waals surface area contributed by atoms with E-state index in [2.05, 4.69) is 14.5 Å². The van der Waals surface area contributed by atoms with Crippen molar-refractivity contribution < 1.29 is 31.8 Å². The molecule has 2 aromatic carbocycles. The molecule has 0 bridgehead atoms. The van der Waals surface area contributed by atoms with Crippen molar-refractivity contribution >= 4 is 5.69 Å². The number of hydrogen-bond donors (Lipinski definition) is 1. The molecular formula is C19H19F5N2O2. The maximum absolute atomic E-state index is 12.9. The van der Waals surface area contributed by atoms with Gasteiger partial charge in [0.05, 0.1) is 0 Å². The van der Waals surface area contributed by atoms with Crippen LogP contribution in [0, 0.1) is 0 Å². The zero-order chi connectivity index (χ0) is 20.4. The third-order valence-corrected chi connectivity index (χ3v) is 4.49. The Kier molecular flexibility index (Phi) is 5.64. The minimum absolute atomic E-state index is 0.211. The number of benzene rings is 2. The lowest BCUT2D eigenvalue weighted by atomic mass is 10.2. The highest BCUT2D eigenvalue weighted by molar-refractivity contribution is 5.49. The van der Waals surface area contributed by atoms with Gasteiger partial charge < -0.3 is 14.7 Å². The minimum Gasteiger partial charge on any atom is -0.508 e. The first-order chi connectivity index (χ1) is 13.1. The Bertz CT molecular complexity index is 770. The summed E-state index contributed by atoms with van der Waals surface area (Å²) in [6.45, 7) is 3.66. The molecule has 0 radical (unpaired) electrons. The molecule has 2 aromatic rings. The first-order valence-corrected chi connectivity index (χ1v) is 8.63. The van der Waals surface area contributed by atoms with E-state index in [-0.39, 0.29) is 5.75 Å². The Balaban J connectivity index is 1.52. The summed E-state index contributed by atoms with van der Waals surface area (Å²) in [5, 5.41) is 9.35. The van der Waals surface area contributed by atoms with Gasteiger partial charge in [0.2, 0.25) is 0 Å². The summed E-state index contributed by atoms with van der Waals surface area (Å²) in [5.41, 5.74) is 1.81. The normalized spacial score (nSPS) is 16.2. The predicted molar refractivity (Wildman–Crippen MR) is 93.7 cm³/mol. The van der Waals surface area contributed by atoms with Gasteiger partial charge in [-0.25, -0.2) is 0 Å². The number of ether oxygens (including phenoxy) is 1. The van der Waals surface area contributed by atoms with Crippen LogP contribution in [0.25, 0.3) is 0 Å². The van der Waals surface area contributed by atoms with E-state index >= 15 is 0 Å². The second kappa shape index (κ2) is 7.83. The van der Waals surface area contributed by atoms with Crippen LogP contribution in [0.4, 0.5) is 27.6 Å². The summed E-state index contributed by atoms with van der Waals surface area (Å²) in [5.74, 6) is -0.328. The molecule has 0 aliphatic carbocycles. The third-order valence-electron chi connectivity index (χ3n) is 4.49. The van der Waals surface area contributed by atoms with E-state index in [4.69, 9.17) is 0 Å². The first kappa shape index (κ1) is 20.2. The van der Waals surface area contributed by atoms with Crippen LogP contribution in [-0.4, -0.2) is 48.5 Å². The van der Waals surface area contributed by atoms with Gasteiger partial charge in [-0.3, -0.25) is 4.90 Å². The van der Waals surface area contributed by atoms with Crippen LogP contribution in [-0.2, 0) is 6.54 Å². The summed E-state index contributed by atoms with van der Waals surface area (Å²) in [6.07, 6.45) is -11.0. The Hall–Kier alpha value is -2.55. The average molecular weight is 402 g/mol. The fourth-order valence-electron chi connectivity index (χ4n) is 2.95. The highest BCUT2D eigenvalue weighted by atomic mass is 19.4. The molecular weight excluding hydrogens is 383 g/mol. The lowest BCUT2D eigenvalue weighted by molar-refractivity contribution is -0.360. The molecule has 1 fully saturated rings. The maximum Gasteiger partial charge on any atom is 0.499 e. The van der Waals surface area contributed by atoms with Gasteiger partial charge in [-0.2, -0.15) is 22.0 Å². The number of phenols is 1. The van der Waals surface area contributed by atoms with E-state index in [1.54, 1.807) is 12.1 Å². The Morgan fingerprint density at radius 2 is 1.39 bits per heavy atom. The molecule has 0 atom stereocenters. The molecule has 0 amide bonds. The number of piperazine rings is 1. The van der Waals surface area contributed by atoms with E-state index < -0.39 is 18.0 Å². The predicted octanol–water partition coefficient (Wildman–Crippen LogP) is 4.25. The van der Waals surface area contributed by atoms with Crippen LogP contribution >= 0.6 is 0 Å². The number of nitrogens with zero attached hydrogens (tertiary/aromatic N) is 2. The van der Waals surface area contributed by atoms with Gasteiger partial charge in [0.15, 0.2) is 0 Å². The molecule has 1 aliphatic heterocycles. The van der Waals surface area contributed by atoms with E-state index in [0.29, 0.717) is 6.54 Å². The summed E-state index contributed by atoms with van der Waals surface area (Å²) in [4.78, 5) is 4.35. The number of hydrogen-bond acceptors (Lipinski definition) is 4. The van der Waals surface area contributed by atoms with Gasteiger partial charge in [0, 0.05) is 38.4 Å². The van der Waals surface area contributed by atoms with E-state index in [0.717, 1.165) is 49.6 Å². The summed E-state index contributed by atoms with van der Waals surface area (Å²) in [6, 6.07) is 12.1. The highest BCUT2D eigenvalue weighted by Gasteiger charge is 2.61. The topological polar surface area (TPSA) is 35.9 Å². The van der Waals surface area contributed by atoms with Crippen molar-refractivity contribution in [3.63, 3.8) is 0 Å². The van der Waals surface area contributed by atoms with Crippen LogP contribution in [0.5, 0.6) is 11.5 Å². The molecule has 9 heteroatoms. The fraction of sp³-hybridized carbons (Fsp3) is 0.368. The highest BCUT2D eigenvalue weighted by Crippen LogP contribution is 2.37. The van der Waals surface area contributed by atoms with Gasteiger partial charge in [0.1, 0.15) is 11.5 Å². The van der Waals surface area contributed by atoms with Gasteiger partial charge in [0.25, 0.3) is 0 Å². The van der Waals surface area contributed by atoms with Crippen molar-refractivity contribution in [2.45, 2.75) is 18.8 Å². The standard InChI is InChI=1S/C19H19F5N2O2/c20-18(21,22)19(23,24)28-17-7-1-14(2-8-17)13-25-9-11-26(12-10-25)15-3-5-16(27)6-4-15/h1-8,27H,9-13H2. The molecule has 28 heavy (non-hydrogen) atoms. The number of rotatable bonds is 5. The SMILES string of the molecule is Oc1ccc(N2CCN(Cc3ccc(OC(F)(F)C(F)(F)F)cc3)CC2)cc1. The van der Waals surface area contributed by atoms with Crippen molar-refractivity contribution in [2.75, 3.05) is 31.1 Å². The Morgan fingerprint density at radius 1 is 0.821 bits per heavy atom. The molecule has 1 aliphatic rings. The zero-order valence-electron chi connectivity index (χ0n) is 14.8. The van der Waals surface area contributed by atoms with Crippen molar-refractivity contribution in [3.8, 4) is 11.5 Å². The van der Waals surface area contributed by atoms with Crippen molar-refractivity contribution in [2.24, 2.45) is 0 Å². The fourth-order valence-corrected chi connectivity index (χ4v) is 2.95. The van der Waals surface area contributed by atoms with Crippen LogP contribution in [0.15, 0.2) is 48.5 Å². The number of anilines is 1. The summed E-state index contributed by atoms with van der Waals surface area (Å²) in [7, 11) is 0. The number of phenolic OH excluding ortho intramolecular Hbond substituents is 1. The van der Waals surface area contributed by atoms with Gasteiger partial charge in [-0.1, -0.05) is 12.1 Å². The summed E-state index contributed by atoms with van der Waals surface area (Å²) >= 11 is 0. The van der Waals surface area contributed by atoms with E-state index in [1.807, 2.05) is 12.1 Å². The van der Waals surface area contributed by atoms with E-state index in [9.17, 15) is 27.1 Å². The summed E-state index contributed by atoms with van der Waals surface area (Å²) < 4.78 is 66.2. The lowest BCUT2D eigenvalue weighted by Crippen LogP contribution is -2.45. The van der Waals surface area contributed by atoms with Crippen LogP contribution in [0.3, 0.4) is 0 Å². The monoisotopic (exact) mass is 402 g/mol. The van der Waals surface area contributed by atoms with E-state index in [1.165, 1.54) is 12.1 Å². The second-order valence-electron chi connectivity index (χ2n) is 6.54. The number of halogens is 5. The van der Waals surface area contributed by atoms with Crippen molar-refractivity contribution in [3.05, 3.63) is 54.1 Å². The maximum atomic E-state index is 12.9. The third kappa shape index (κ3) is 4.83. The zero-order valence-corrected chi connectivity index (χ0v) is 14.8. The van der Waals surface area contributed by atoms with Gasteiger partial charge >= 0.3 is 12.3 Å². The number of aromatic hydroxyl groups is 1. The average Bonchev–Trinajstić information content (AvgIpc) is 2.64. The van der Waals surface area contributed by atoms with Crippen LogP contribution in [0.2, 0.25) is 0 Å². The molecule has 1 heterocycles. The molecule has 1 saturated heterocycles. The van der Waals surface area contributed by atoms with Gasteiger partial charge in [-0.15, -0.1) is 0 Å². The Labute approximate surface area is 158 Å². The largest absolute Gasteiger partial charge is 0.508 e. The molecule has 1 N–H and O–H groups in total. The second-order valence-corrected chi connectivity index (χ2v) is 6.54. The first-order valence-electron chi connectivity index (χ1n) is 8.63. The minimum atomic E-state index is -5.76. The number of alkyl halides is 5. The quantitative estimate of drug-likeness (QED) is 0.759. The van der Waals surface area contributed by atoms with Crippen LogP contribution < -0.4 is 9.64 Å². The molecule has 0 spiro atoms. The molecule has 0 unspecified atom stereocenters. The smallest absolute Gasteiger partial charge is 0.499 e. The van der Waals surface area contributed by atoms with Gasteiger partial charge in [-0.05, 0) is 42.0 Å². The van der Waals surface area contributed by atoms with Crippen molar-refractivity contribution in [1.82, 2.24) is 4.90 Å². The molecule has 4 nitrogen and oxygen atoms in total. The molecule has 0 aromatic heterocycles. The lowest BCUT2D eigenvalue weighted by Gasteiger charge is -2.36. The molecule has 3 rings (SSSR count). The molecule has 0 saturated carbocycles.